The Morgan fingerprint density at radius 2 is 2.00 bits per heavy atom. The Balaban J connectivity index is 1.33. The van der Waals surface area contributed by atoms with Gasteiger partial charge in [0.1, 0.15) is 10.7 Å². The van der Waals surface area contributed by atoms with Crippen LogP contribution in [-0.4, -0.2) is 24.7 Å². The molecule has 6 rings (SSSR count). The van der Waals surface area contributed by atoms with Gasteiger partial charge in [0.15, 0.2) is 11.0 Å². The minimum Gasteiger partial charge on any atom is -0.309 e. The maximum atomic E-state index is 12.8. The predicted octanol–water partition coefficient (Wildman–Crippen LogP) is 5.79. The molecule has 0 bridgehead atoms. The van der Waals surface area contributed by atoms with Gasteiger partial charge in [0, 0.05) is 16.5 Å². The van der Waals surface area contributed by atoms with Crippen molar-refractivity contribution in [1.29, 1.82) is 0 Å². The summed E-state index contributed by atoms with van der Waals surface area (Å²) >= 11 is 9.74. The number of benzene rings is 1. The van der Waals surface area contributed by atoms with Crippen LogP contribution in [0, 0.1) is 0 Å². The summed E-state index contributed by atoms with van der Waals surface area (Å²) in [6.45, 7) is 0. The van der Waals surface area contributed by atoms with Gasteiger partial charge in [0.25, 0.3) is 5.56 Å². The first-order valence-corrected chi connectivity index (χ1v) is 13.2. The van der Waals surface area contributed by atoms with E-state index in [4.69, 9.17) is 16.6 Å². The first kappa shape index (κ1) is 20.4. The third-order valence-corrected chi connectivity index (χ3v) is 8.90. The van der Waals surface area contributed by atoms with Crippen molar-refractivity contribution in [1.82, 2.24) is 24.7 Å². The fourth-order valence-electron chi connectivity index (χ4n) is 4.94. The van der Waals surface area contributed by atoms with E-state index in [-0.39, 0.29) is 5.56 Å². The molecule has 6 nitrogen and oxygen atoms in total. The Bertz CT molecular complexity index is 1370. The number of fused-ring (bicyclic) bond motifs is 3. The summed E-state index contributed by atoms with van der Waals surface area (Å²) in [4.78, 5) is 22.8. The highest BCUT2D eigenvalue weighted by Crippen LogP contribution is 2.39. The zero-order valence-corrected chi connectivity index (χ0v) is 19.8. The van der Waals surface area contributed by atoms with E-state index < -0.39 is 0 Å². The van der Waals surface area contributed by atoms with E-state index >= 15 is 0 Å². The van der Waals surface area contributed by atoms with Gasteiger partial charge in [-0.1, -0.05) is 48.3 Å². The number of hydrogen-bond donors (Lipinski definition) is 1. The van der Waals surface area contributed by atoms with Crippen LogP contribution in [0.3, 0.4) is 0 Å². The smallest absolute Gasteiger partial charge is 0.259 e. The van der Waals surface area contributed by atoms with E-state index in [2.05, 4.69) is 19.7 Å². The lowest BCUT2D eigenvalue weighted by atomic mass is 10.2. The number of aromatic amines is 1. The van der Waals surface area contributed by atoms with Crippen LogP contribution in [0.25, 0.3) is 21.6 Å². The number of rotatable bonds is 5. The minimum absolute atomic E-state index is 0.0148. The molecule has 0 spiro atoms. The third-order valence-electron chi connectivity index (χ3n) is 6.43. The maximum absolute atomic E-state index is 12.8. The largest absolute Gasteiger partial charge is 0.309 e. The quantitative estimate of drug-likeness (QED) is 0.363. The van der Waals surface area contributed by atoms with E-state index in [0.29, 0.717) is 22.6 Å². The standard InChI is InChI=1S/C23H22ClN5OS2/c24-16-10-4-3-8-14(16)20-27-28-23(29(20)13-6-1-2-7-13)31-12-18-25-21(30)19-15-9-5-11-17(15)32-22(19)26-18/h3-4,8,10,13H,1-2,5-7,9,11-12H2,(H,25,26,30). The number of thioether (sulfide) groups is 1. The molecule has 0 saturated heterocycles. The molecular weight excluding hydrogens is 462 g/mol. The summed E-state index contributed by atoms with van der Waals surface area (Å²) in [5.41, 5.74) is 2.10. The molecule has 1 aromatic carbocycles. The number of aromatic nitrogens is 5. The van der Waals surface area contributed by atoms with Gasteiger partial charge in [-0.25, -0.2) is 4.98 Å². The average Bonchev–Trinajstić information content (AvgIpc) is 3.55. The van der Waals surface area contributed by atoms with E-state index in [9.17, 15) is 4.79 Å². The Hall–Kier alpha value is -2.16. The topological polar surface area (TPSA) is 76.5 Å². The first-order valence-electron chi connectivity index (χ1n) is 11.0. The van der Waals surface area contributed by atoms with Crippen molar-refractivity contribution < 1.29 is 0 Å². The van der Waals surface area contributed by atoms with Crippen LogP contribution in [0.4, 0.5) is 0 Å². The monoisotopic (exact) mass is 483 g/mol. The summed E-state index contributed by atoms with van der Waals surface area (Å²) in [5, 5.41) is 11.4. The van der Waals surface area contributed by atoms with Crippen LogP contribution < -0.4 is 5.56 Å². The molecule has 1 saturated carbocycles. The molecule has 4 aromatic rings. The van der Waals surface area contributed by atoms with E-state index in [0.717, 1.165) is 58.9 Å². The molecular formula is C23H22ClN5OS2. The van der Waals surface area contributed by atoms with Crippen LogP contribution in [-0.2, 0) is 18.6 Å². The van der Waals surface area contributed by atoms with Gasteiger partial charge in [-0.15, -0.1) is 21.5 Å². The Labute approximate surface area is 198 Å². The lowest BCUT2D eigenvalue weighted by Gasteiger charge is -2.17. The van der Waals surface area contributed by atoms with Crippen molar-refractivity contribution in [2.75, 3.05) is 0 Å². The number of nitrogens with one attached hydrogen (secondary N) is 1. The number of nitrogens with zero attached hydrogens (tertiary/aromatic N) is 4. The fourth-order valence-corrected chi connectivity index (χ4v) is 7.32. The molecule has 0 atom stereocenters. The van der Waals surface area contributed by atoms with Crippen LogP contribution >= 0.6 is 34.7 Å². The van der Waals surface area contributed by atoms with Crippen molar-refractivity contribution in [3.05, 3.63) is 55.9 Å². The number of hydrogen-bond acceptors (Lipinski definition) is 6. The normalized spacial score (nSPS) is 16.3. The first-order chi connectivity index (χ1) is 15.7. The summed E-state index contributed by atoms with van der Waals surface area (Å²) in [6, 6.07) is 8.16. The van der Waals surface area contributed by atoms with Gasteiger partial charge in [0.05, 0.1) is 16.2 Å². The maximum Gasteiger partial charge on any atom is 0.259 e. The number of halogens is 1. The zero-order valence-electron chi connectivity index (χ0n) is 17.4. The summed E-state index contributed by atoms with van der Waals surface area (Å²) in [7, 11) is 0. The van der Waals surface area contributed by atoms with E-state index in [1.54, 1.807) is 23.1 Å². The molecule has 32 heavy (non-hydrogen) atoms. The van der Waals surface area contributed by atoms with Crippen molar-refractivity contribution in [3.63, 3.8) is 0 Å². The molecule has 0 radical (unpaired) electrons. The molecule has 1 N–H and O–H groups in total. The van der Waals surface area contributed by atoms with Crippen molar-refractivity contribution >= 4 is 44.9 Å². The molecule has 9 heteroatoms. The lowest BCUT2D eigenvalue weighted by Crippen LogP contribution is -2.12. The van der Waals surface area contributed by atoms with Gasteiger partial charge < -0.3 is 4.98 Å². The van der Waals surface area contributed by atoms with Crippen molar-refractivity contribution in [3.8, 4) is 11.4 Å². The molecule has 3 heterocycles. The Kier molecular flexibility index (Phi) is 5.31. The SMILES string of the molecule is O=c1[nH]c(CSc2nnc(-c3ccccc3Cl)n2C2CCCC2)nc2sc3c(c12)CCC3. The molecule has 1 fully saturated rings. The summed E-state index contributed by atoms with van der Waals surface area (Å²) in [6.07, 6.45) is 7.85. The van der Waals surface area contributed by atoms with Crippen LogP contribution in [0.15, 0.2) is 34.2 Å². The second-order valence-electron chi connectivity index (χ2n) is 8.43. The fraction of sp³-hybridized carbons (Fsp3) is 0.391. The highest BCUT2D eigenvalue weighted by atomic mass is 35.5. The number of aryl methyl sites for hydroxylation is 2. The highest BCUT2D eigenvalue weighted by molar-refractivity contribution is 7.98. The van der Waals surface area contributed by atoms with Gasteiger partial charge >= 0.3 is 0 Å². The number of H-pyrrole nitrogens is 1. The molecule has 0 unspecified atom stereocenters. The van der Waals surface area contributed by atoms with E-state index in [1.807, 2.05) is 24.3 Å². The van der Waals surface area contributed by atoms with Crippen molar-refractivity contribution in [2.24, 2.45) is 0 Å². The van der Waals surface area contributed by atoms with Crippen LogP contribution in [0.1, 0.15) is 54.4 Å². The Morgan fingerprint density at radius 1 is 1.16 bits per heavy atom. The summed E-state index contributed by atoms with van der Waals surface area (Å²) < 4.78 is 2.25. The average molecular weight is 484 g/mol. The molecule has 2 aliphatic carbocycles. The second-order valence-corrected chi connectivity index (χ2v) is 10.9. The van der Waals surface area contributed by atoms with Crippen molar-refractivity contribution in [2.45, 2.75) is 61.9 Å². The Morgan fingerprint density at radius 3 is 2.84 bits per heavy atom. The zero-order chi connectivity index (χ0) is 21.7. The van der Waals surface area contributed by atoms with E-state index in [1.165, 1.54) is 23.3 Å². The molecule has 0 aliphatic heterocycles. The lowest BCUT2D eigenvalue weighted by molar-refractivity contribution is 0.485. The van der Waals surface area contributed by atoms with Gasteiger partial charge in [0.2, 0.25) is 0 Å². The summed E-state index contributed by atoms with van der Waals surface area (Å²) in [5.74, 6) is 2.05. The predicted molar refractivity (Wildman–Crippen MR) is 130 cm³/mol. The molecule has 0 amide bonds. The highest BCUT2D eigenvalue weighted by Gasteiger charge is 2.26. The third kappa shape index (κ3) is 3.49. The van der Waals surface area contributed by atoms with Gasteiger partial charge in [-0.05, 0) is 49.8 Å². The van der Waals surface area contributed by atoms with Gasteiger partial charge in [-0.3, -0.25) is 9.36 Å². The van der Waals surface area contributed by atoms with Crippen LogP contribution in [0.2, 0.25) is 5.02 Å². The second kappa shape index (κ2) is 8.32. The molecule has 164 valence electrons. The minimum atomic E-state index is -0.0148. The molecule has 2 aliphatic rings. The van der Waals surface area contributed by atoms with Gasteiger partial charge in [-0.2, -0.15) is 0 Å². The number of thiophene rings is 1. The van der Waals surface area contributed by atoms with Crippen LogP contribution in [0.5, 0.6) is 0 Å². The molecule has 3 aromatic heterocycles.